The predicted molar refractivity (Wildman–Crippen MR) is 78.0 cm³/mol. The number of nitro groups is 1. The summed E-state index contributed by atoms with van der Waals surface area (Å²) in [6.07, 6.45) is 1.05. The van der Waals surface area contributed by atoms with Gasteiger partial charge in [-0.1, -0.05) is 34.8 Å². The summed E-state index contributed by atoms with van der Waals surface area (Å²) in [5.74, 6) is -0.581. The Morgan fingerprint density at radius 2 is 1.90 bits per heavy atom. The van der Waals surface area contributed by atoms with E-state index in [9.17, 15) is 14.9 Å². The molecular weight excluding hydrogens is 328 g/mol. The molecule has 0 N–H and O–H groups in total. The van der Waals surface area contributed by atoms with Gasteiger partial charge < -0.3 is 4.74 Å². The van der Waals surface area contributed by atoms with Crippen molar-refractivity contribution in [3.63, 3.8) is 0 Å². The van der Waals surface area contributed by atoms with Crippen LogP contribution in [-0.4, -0.2) is 21.1 Å². The first-order valence-electron chi connectivity index (χ1n) is 5.46. The number of benzene rings is 1. The number of carbonyl (C=O) groups excluding carboxylic acids is 1. The molecule has 0 fully saturated rings. The zero-order valence-electron chi connectivity index (χ0n) is 10.3. The monoisotopic (exact) mass is 337 g/mol. The van der Waals surface area contributed by atoms with Gasteiger partial charge in [0, 0.05) is 23.8 Å². The van der Waals surface area contributed by atoms with Crippen LogP contribution in [0.2, 0.25) is 0 Å². The van der Waals surface area contributed by atoms with Crippen molar-refractivity contribution in [3.8, 4) is 0 Å². The Balaban J connectivity index is 3.11. The van der Waals surface area contributed by atoms with E-state index in [1.165, 1.54) is 24.3 Å². The highest BCUT2D eigenvalue weighted by Crippen LogP contribution is 2.29. The Hall–Kier alpha value is -1.30. The number of hydrogen-bond acceptors (Lipinski definition) is 4. The smallest absolute Gasteiger partial charge is 0.269 e. The van der Waals surface area contributed by atoms with Crippen molar-refractivity contribution in [2.24, 2.45) is 0 Å². The lowest BCUT2D eigenvalue weighted by Gasteiger charge is -2.11. The summed E-state index contributed by atoms with van der Waals surface area (Å²) < 4.78 is 3.21. The highest BCUT2D eigenvalue weighted by molar-refractivity contribution is 6.77. The van der Waals surface area contributed by atoms with E-state index in [-0.39, 0.29) is 18.1 Å². The van der Waals surface area contributed by atoms with Gasteiger partial charge in [-0.3, -0.25) is 14.9 Å². The van der Waals surface area contributed by atoms with Crippen LogP contribution >= 0.6 is 34.8 Å². The summed E-state index contributed by atoms with van der Waals surface area (Å²) in [7, 11) is 0. The summed E-state index contributed by atoms with van der Waals surface area (Å²) in [4.78, 5) is 21.7. The second-order valence-corrected chi connectivity index (χ2v) is 5.89. The lowest BCUT2D eigenvalue weighted by molar-refractivity contribution is -0.384. The third kappa shape index (κ3) is 4.67. The first kappa shape index (κ1) is 16.8. The molecule has 0 aliphatic carbocycles. The van der Waals surface area contributed by atoms with Gasteiger partial charge in [0.1, 0.15) is 5.76 Å². The number of nitrogens with zero attached hydrogens (tertiary/aromatic N) is 1. The number of halogens is 3. The zero-order chi connectivity index (χ0) is 15.3. The van der Waals surface area contributed by atoms with Crippen molar-refractivity contribution in [1.29, 1.82) is 0 Å². The molecule has 0 atom stereocenters. The molecule has 5 nitrogen and oxygen atoms in total. The quantitative estimate of drug-likeness (QED) is 0.268. The van der Waals surface area contributed by atoms with Crippen molar-refractivity contribution in [2.75, 3.05) is 6.61 Å². The number of rotatable bonds is 5. The van der Waals surface area contributed by atoms with Crippen molar-refractivity contribution in [3.05, 3.63) is 46.0 Å². The van der Waals surface area contributed by atoms with E-state index in [1.807, 2.05) is 0 Å². The molecule has 0 heterocycles. The number of allylic oxidation sites excluding steroid dienone is 1. The van der Waals surface area contributed by atoms with E-state index in [0.29, 0.717) is 5.56 Å². The zero-order valence-corrected chi connectivity index (χ0v) is 12.6. The van der Waals surface area contributed by atoms with Crippen LogP contribution in [0.5, 0.6) is 0 Å². The maximum Gasteiger partial charge on any atom is 0.269 e. The minimum atomic E-state index is -2.08. The molecule has 1 rings (SSSR count). The SMILES string of the molecule is CCO/C(=C/C(=O)C(Cl)(Cl)Cl)c1ccc([N+](=O)[O-])cc1. The van der Waals surface area contributed by atoms with Crippen LogP contribution in [0.4, 0.5) is 5.69 Å². The predicted octanol–water partition coefficient (Wildman–Crippen LogP) is 3.91. The Labute approximate surface area is 130 Å². The highest BCUT2D eigenvalue weighted by Gasteiger charge is 2.29. The maximum atomic E-state index is 11.6. The molecule has 0 saturated heterocycles. The molecule has 0 aromatic heterocycles. The van der Waals surface area contributed by atoms with E-state index in [4.69, 9.17) is 39.5 Å². The minimum absolute atomic E-state index is 0.0719. The first-order chi connectivity index (χ1) is 9.25. The molecule has 8 heteroatoms. The molecule has 1 aromatic carbocycles. The number of ether oxygens (including phenoxy) is 1. The molecule has 0 bridgehead atoms. The molecule has 1 aromatic rings. The van der Waals surface area contributed by atoms with Crippen LogP contribution in [-0.2, 0) is 9.53 Å². The minimum Gasteiger partial charge on any atom is -0.493 e. The molecule has 0 spiro atoms. The highest BCUT2D eigenvalue weighted by atomic mass is 35.6. The summed E-state index contributed by atoms with van der Waals surface area (Å²) in [5, 5.41) is 10.6. The van der Waals surface area contributed by atoms with Crippen LogP contribution in [0.15, 0.2) is 30.3 Å². The second-order valence-electron chi connectivity index (χ2n) is 3.61. The van der Waals surface area contributed by atoms with E-state index >= 15 is 0 Å². The third-order valence-corrected chi connectivity index (χ3v) is 2.76. The fourth-order valence-corrected chi connectivity index (χ4v) is 1.48. The number of carbonyl (C=O) groups is 1. The van der Waals surface area contributed by atoms with Crippen LogP contribution in [0, 0.1) is 10.1 Å². The average Bonchev–Trinajstić information content (AvgIpc) is 2.37. The normalized spacial score (nSPS) is 12.1. The molecular formula is C12H10Cl3NO4. The van der Waals surface area contributed by atoms with Gasteiger partial charge in [-0.2, -0.15) is 0 Å². The summed E-state index contributed by atoms with van der Waals surface area (Å²) >= 11 is 16.4. The van der Waals surface area contributed by atoms with Gasteiger partial charge in [-0.25, -0.2) is 0 Å². The number of ketones is 1. The Morgan fingerprint density at radius 1 is 1.35 bits per heavy atom. The van der Waals surface area contributed by atoms with Crippen molar-refractivity contribution in [1.82, 2.24) is 0 Å². The maximum absolute atomic E-state index is 11.6. The number of nitro benzene ring substituents is 1. The fraction of sp³-hybridized carbons (Fsp3) is 0.250. The van der Waals surface area contributed by atoms with Crippen molar-refractivity contribution in [2.45, 2.75) is 10.7 Å². The van der Waals surface area contributed by atoms with Crippen LogP contribution in [0.3, 0.4) is 0 Å². The van der Waals surface area contributed by atoms with Crippen LogP contribution < -0.4 is 0 Å². The van der Waals surface area contributed by atoms with Gasteiger partial charge in [0.15, 0.2) is 0 Å². The largest absolute Gasteiger partial charge is 0.493 e. The van der Waals surface area contributed by atoms with Gasteiger partial charge in [-0.05, 0) is 19.1 Å². The number of non-ortho nitro benzene ring substituents is 1. The first-order valence-corrected chi connectivity index (χ1v) is 6.59. The molecule has 0 aliphatic heterocycles. The van der Waals surface area contributed by atoms with E-state index < -0.39 is 14.5 Å². The molecule has 0 unspecified atom stereocenters. The molecule has 0 amide bonds. The topological polar surface area (TPSA) is 69.4 Å². The molecule has 0 radical (unpaired) electrons. The van der Waals surface area contributed by atoms with Gasteiger partial charge in [0.25, 0.3) is 9.48 Å². The van der Waals surface area contributed by atoms with E-state index in [1.54, 1.807) is 6.92 Å². The number of alkyl halides is 3. The lowest BCUT2D eigenvalue weighted by Crippen LogP contribution is -2.16. The standard InChI is InChI=1S/C12H10Cl3NO4/c1-2-20-10(7-11(17)12(13,14)15)8-3-5-9(6-4-8)16(18)19/h3-7H,2H2,1H3/b10-7+. The van der Waals surface area contributed by atoms with Gasteiger partial charge in [0.2, 0.25) is 5.78 Å². The third-order valence-electron chi connectivity index (χ3n) is 2.20. The number of hydrogen-bond donors (Lipinski definition) is 0. The van der Waals surface area contributed by atoms with Gasteiger partial charge in [-0.15, -0.1) is 0 Å². The Bertz CT molecular complexity index is 535. The summed E-state index contributed by atoms with van der Waals surface area (Å²) in [5.41, 5.74) is 0.400. The lowest BCUT2D eigenvalue weighted by atomic mass is 10.1. The van der Waals surface area contributed by atoms with Crippen molar-refractivity contribution >= 4 is 52.0 Å². The summed E-state index contributed by atoms with van der Waals surface area (Å²) in [6, 6.07) is 5.49. The van der Waals surface area contributed by atoms with Crippen molar-refractivity contribution < 1.29 is 14.5 Å². The average molecular weight is 339 g/mol. The van der Waals surface area contributed by atoms with Gasteiger partial charge >= 0.3 is 0 Å². The Kier molecular flexibility index (Phi) is 5.80. The van der Waals surface area contributed by atoms with E-state index in [0.717, 1.165) is 6.08 Å². The van der Waals surface area contributed by atoms with Crippen LogP contribution in [0.1, 0.15) is 12.5 Å². The Morgan fingerprint density at radius 3 is 2.30 bits per heavy atom. The fourth-order valence-electron chi connectivity index (χ4n) is 1.31. The molecule has 0 saturated carbocycles. The second kappa shape index (κ2) is 6.92. The van der Waals surface area contributed by atoms with E-state index in [2.05, 4.69) is 0 Å². The van der Waals surface area contributed by atoms with Gasteiger partial charge in [0.05, 0.1) is 11.5 Å². The van der Waals surface area contributed by atoms with Crippen LogP contribution in [0.25, 0.3) is 5.76 Å². The molecule has 0 aliphatic rings. The molecule has 20 heavy (non-hydrogen) atoms. The molecule has 108 valence electrons. The summed E-state index contributed by atoms with van der Waals surface area (Å²) in [6.45, 7) is 2.01.